The minimum absolute atomic E-state index is 0.0353. The summed E-state index contributed by atoms with van der Waals surface area (Å²) in [6, 6.07) is 13.0. The number of amides is 1. The summed E-state index contributed by atoms with van der Waals surface area (Å²) >= 11 is 5.99. The van der Waals surface area contributed by atoms with Gasteiger partial charge in [0.1, 0.15) is 11.6 Å². The Labute approximate surface area is 203 Å². The Bertz CT molecular complexity index is 1250. The number of anilines is 1. The number of hydrogen-bond acceptors (Lipinski definition) is 7. The van der Waals surface area contributed by atoms with Gasteiger partial charge >= 0.3 is 0 Å². The Kier molecular flexibility index (Phi) is 7.30. The van der Waals surface area contributed by atoms with Gasteiger partial charge in [-0.2, -0.15) is 0 Å². The molecule has 0 radical (unpaired) electrons. The quantitative estimate of drug-likeness (QED) is 0.530. The van der Waals surface area contributed by atoms with Crippen molar-refractivity contribution in [2.75, 3.05) is 38.0 Å². The lowest BCUT2D eigenvalue weighted by Gasteiger charge is -2.34. The maximum Gasteiger partial charge on any atom is 0.261 e. The Balaban J connectivity index is 1.30. The zero-order valence-corrected chi connectivity index (χ0v) is 20.1. The number of ether oxygens (including phenoxy) is 1. The van der Waals surface area contributed by atoms with Crippen molar-refractivity contribution in [2.24, 2.45) is 0 Å². The van der Waals surface area contributed by atoms with Crippen LogP contribution in [-0.2, 0) is 16.6 Å². The average molecular weight is 502 g/mol. The number of hydrogen-bond donors (Lipinski definition) is 1. The van der Waals surface area contributed by atoms with Gasteiger partial charge in [0.15, 0.2) is 0 Å². The molecule has 4 rings (SSSR count). The largest absolute Gasteiger partial charge is 0.497 e. The summed E-state index contributed by atoms with van der Waals surface area (Å²) in [5.74, 6) is 1.11. The van der Waals surface area contributed by atoms with E-state index >= 15 is 0 Å². The van der Waals surface area contributed by atoms with Crippen LogP contribution < -0.4 is 9.46 Å². The van der Waals surface area contributed by atoms with E-state index in [4.69, 9.17) is 16.3 Å². The normalized spacial score (nSPS) is 14.6. The van der Waals surface area contributed by atoms with Crippen molar-refractivity contribution in [1.82, 2.24) is 19.8 Å². The number of methoxy groups -OCH3 is 1. The molecule has 0 spiro atoms. The van der Waals surface area contributed by atoms with E-state index in [0.29, 0.717) is 54.9 Å². The first kappa shape index (κ1) is 23.9. The van der Waals surface area contributed by atoms with E-state index in [2.05, 4.69) is 19.6 Å². The molecule has 11 heteroatoms. The first-order chi connectivity index (χ1) is 16.3. The van der Waals surface area contributed by atoms with Crippen molar-refractivity contribution in [3.63, 3.8) is 0 Å². The molecule has 9 nitrogen and oxygen atoms in total. The van der Waals surface area contributed by atoms with Crippen LogP contribution in [0.15, 0.2) is 65.8 Å². The summed E-state index contributed by atoms with van der Waals surface area (Å²) in [4.78, 5) is 25.3. The topological polar surface area (TPSA) is 105 Å². The first-order valence-corrected chi connectivity index (χ1v) is 12.5. The second-order valence-corrected chi connectivity index (χ2v) is 9.87. The van der Waals surface area contributed by atoms with E-state index in [-0.39, 0.29) is 16.5 Å². The molecule has 3 aromatic rings. The molecule has 0 bridgehead atoms. The van der Waals surface area contributed by atoms with Crippen LogP contribution in [0.25, 0.3) is 0 Å². The molecule has 1 saturated heterocycles. The van der Waals surface area contributed by atoms with Gasteiger partial charge in [-0.1, -0.05) is 17.7 Å². The number of nitrogens with one attached hydrogen (secondary N) is 1. The molecule has 0 saturated carbocycles. The zero-order chi connectivity index (χ0) is 24.1. The second-order valence-electron chi connectivity index (χ2n) is 7.75. The van der Waals surface area contributed by atoms with E-state index in [1.54, 1.807) is 41.3 Å². The maximum atomic E-state index is 12.7. The van der Waals surface area contributed by atoms with Gasteiger partial charge in [0.25, 0.3) is 15.9 Å². The van der Waals surface area contributed by atoms with Gasteiger partial charge in [0.2, 0.25) is 0 Å². The van der Waals surface area contributed by atoms with E-state index in [9.17, 15) is 13.2 Å². The lowest BCUT2D eigenvalue weighted by molar-refractivity contribution is 0.0625. The van der Waals surface area contributed by atoms with Gasteiger partial charge in [-0.05, 0) is 42.5 Å². The predicted molar refractivity (Wildman–Crippen MR) is 128 cm³/mol. The number of benzene rings is 2. The molecule has 1 N–H and O–H groups in total. The Hall–Kier alpha value is -3.21. The number of rotatable bonds is 7. The Morgan fingerprint density at radius 2 is 1.74 bits per heavy atom. The fourth-order valence-electron chi connectivity index (χ4n) is 3.57. The lowest BCUT2D eigenvalue weighted by Crippen LogP contribution is -2.48. The summed E-state index contributed by atoms with van der Waals surface area (Å²) in [6.07, 6.45) is 2.89. The van der Waals surface area contributed by atoms with Gasteiger partial charge in [-0.15, -0.1) is 0 Å². The van der Waals surface area contributed by atoms with Crippen molar-refractivity contribution in [3.8, 4) is 5.75 Å². The molecule has 2 aromatic carbocycles. The highest BCUT2D eigenvalue weighted by Crippen LogP contribution is 2.19. The molecule has 178 valence electrons. The molecule has 34 heavy (non-hydrogen) atoms. The van der Waals surface area contributed by atoms with E-state index < -0.39 is 10.0 Å². The summed E-state index contributed by atoms with van der Waals surface area (Å²) in [5, 5.41) is 0.538. The van der Waals surface area contributed by atoms with Crippen LogP contribution in [-0.4, -0.2) is 67.4 Å². The second kappa shape index (κ2) is 10.4. The van der Waals surface area contributed by atoms with Gasteiger partial charge in [0, 0.05) is 36.8 Å². The van der Waals surface area contributed by atoms with E-state index in [1.807, 2.05) is 0 Å². The molecule has 1 aromatic heterocycles. The van der Waals surface area contributed by atoms with Crippen LogP contribution in [0.2, 0.25) is 5.02 Å². The summed E-state index contributed by atoms with van der Waals surface area (Å²) in [6.45, 7) is 3.05. The van der Waals surface area contributed by atoms with Crippen molar-refractivity contribution >= 4 is 33.2 Å². The highest BCUT2D eigenvalue weighted by atomic mass is 35.5. The number of carbonyl (C=O) groups is 1. The molecule has 0 atom stereocenters. The molecule has 1 aliphatic heterocycles. The third kappa shape index (κ3) is 5.82. The SMILES string of the molecule is COc1ccc(S(=O)(=O)Nc2cnc(CN3CCN(C(=O)c4cccc(Cl)c4)CC3)nc2)cc1. The first-order valence-electron chi connectivity index (χ1n) is 10.6. The highest BCUT2D eigenvalue weighted by Gasteiger charge is 2.23. The number of aromatic nitrogens is 2. The summed E-state index contributed by atoms with van der Waals surface area (Å²) in [7, 11) is -2.24. The molecule has 0 unspecified atom stereocenters. The Morgan fingerprint density at radius 3 is 2.35 bits per heavy atom. The van der Waals surface area contributed by atoms with Crippen LogP contribution in [0, 0.1) is 0 Å². The van der Waals surface area contributed by atoms with Gasteiger partial charge in [0.05, 0.1) is 36.6 Å². The number of halogens is 1. The van der Waals surface area contributed by atoms with Crippen LogP contribution in [0.4, 0.5) is 5.69 Å². The van der Waals surface area contributed by atoms with Crippen LogP contribution >= 0.6 is 11.6 Å². The van der Waals surface area contributed by atoms with Gasteiger partial charge < -0.3 is 9.64 Å². The number of sulfonamides is 1. The molecule has 1 aliphatic rings. The van der Waals surface area contributed by atoms with E-state index in [0.717, 1.165) is 0 Å². The fourth-order valence-corrected chi connectivity index (χ4v) is 4.79. The highest BCUT2D eigenvalue weighted by molar-refractivity contribution is 7.92. The predicted octanol–water partition coefficient (Wildman–Crippen LogP) is 2.90. The molecule has 1 amide bonds. The monoisotopic (exact) mass is 501 g/mol. The van der Waals surface area contributed by atoms with Crippen LogP contribution in [0.3, 0.4) is 0 Å². The maximum absolute atomic E-state index is 12.7. The molecule has 2 heterocycles. The number of nitrogens with zero attached hydrogens (tertiary/aromatic N) is 4. The minimum atomic E-state index is -3.76. The fraction of sp³-hybridized carbons (Fsp3) is 0.261. The number of piperazine rings is 1. The minimum Gasteiger partial charge on any atom is -0.497 e. The molecule has 0 aliphatic carbocycles. The molecular formula is C23H24ClN5O4S. The van der Waals surface area contributed by atoms with E-state index in [1.165, 1.54) is 31.6 Å². The van der Waals surface area contributed by atoms with Gasteiger partial charge in [-0.3, -0.25) is 14.4 Å². The standard InChI is InChI=1S/C23H24ClN5O4S/c1-33-20-5-7-21(8-6-20)34(31,32)27-19-14-25-22(26-15-19)16-28-9-11-29(12-10-28)23(30)17-3-2-4-18(24)13-17/h2-8,13-15,27H,9-12,16H2,1H3. The van der Waals surface area contributed by atoms with Crippen molar-refractivity contribution in [3.05, 3.63) is 77.3 Å². The van der Waals surface area contributed by atoms with Crippen molar-refractivity contribution in [2.45, 2.75) is 11.4 Å². The Morgan fingerprint density at radius 1 is 1.06 bits per heavy atom. The smallest absolute Gasteiger partial charge is 0.261 e. The van der Waals surface area contributed by atoms with Crippen LogP contribution in [0.1, 0.15) is 16.2 Å². The molecular weight excluding hydrogens is 478 g/mol. The lowest BCUT2D eigenvalue weighted by atomic mass is 10.2. The molecule has 1 fully saturated rings. The average Bonchev–Trinajstić information content (AvgIpc) is 2.85. The number of carbonyl (C=O) groups excluding carboxylic acids is 1. The van der Waals surface area contributed by atoms with Crippen molar-refractivity contribution < 1.29 is 17.9 Å². The van der Waals surface area contributed by atoms with Gasteiger partial charge in [-0.25, -0.2) is 18.4 Å². The third-order valence-corrected chi connectivity index (χ3v) is 7.06. The third-order valence-electron chi connectivity index (χ3n) is 5.42. The summed E-state index contributed by atoms with van der Waals surface area (Å²) in [5.41, 5.74) is 0.855. The van der Waals surface area contributed by atoms with Crippen molar-refractivity contribution in [1.29, 1.82) is 0 Å². The van der Waals surface area contributed by atoms with Crippen LogP contribution in [0.5, 0.6) is 5.75 Å². The summed E-state index contributed by atoms with van der Waals surface area (Å²) < 4.78 is 32.6. The zero-order valence-electron chi connectivity index (χ0n) is 18.5.